The van der Waals surface area contributed by atoms with Gasteiger partial charge in [-0.2, -0.15) is 0 Å². The van der Waals surface area contributed by atoms with Crippen LogP contribution in [-0.2, 0) is 0 Å². The fourth-order valence-corrected chi connectivity index (χ4v) is 13.1. The van der Waals surface area contributed by atoms with Crippen LogP contribution in [0.1, 0.15) is 0 Å². The van der Waals surface area contributed by atoms with Crippen LogP contribution in [0.3, 0.4) is 0 Å². The summed E-state index contributed by atoms with van der Waals surface area (Å²) in [5.41, 5.74) is 7.05. The molecule has 10 rings (SSSR count). The molecule has 0 spiro atoms. The third-order valence-corrected chi connectivity index (χ3v) is 15.4. The van der Waals surface area contributed by atoms with Crippen molar-refractivity contribution in [2.24, 2.45) is 0 Å². The number of furan rings is 1. The molecule has 0 saturated carbocycles. The molecule has 0 fully saturated rings. The fourth-order valence-electron chi connectivity index (χ4n) is 8.33. The molecule has 0 aliphatic carbocycles. The van der Waals surface area contributed by atoms with Crippen LogP contribution in [0.25, 0.3) is 60.6 Å². The van der Waals surface area contributed by atoms with Crippen LogP contribution >= 0.6 is 0 Å². The molecule has 0 radical (unpaired) electrons. The highest BCUT2D eigenvalue weighted by atomic mass is 28.3. The summed E-state index contributed by atoms with van der Waals surface area (Å²) in [5.74, 6) is -0.241. The lowest BCUT2D eigenvalue weighted by molar-refractivity contribution is 0.629. The molecule has 246 valence electrons. The van der Waals surface area contributed by atoms with Gasteiger partial charge in [-0.15, -0.1) is 0 Å². The lowest BCUT2D eigenvalue weighted by Gasteiger charge is -2.34. The van der Waals surface area contributed by atoms with E-state index in [-0.39, 0.29) is 5.82 Å². The van der Waals surface area contributed by atoms with E-state index in [1.54, 1.807) is 12.1 Å². The normalized spacial score (nSPS) is 11.9. The maximum Gasteiger partial charge on any atom is 0.179 e. The molecule has 2 heterocycles. The second kappa shape index (κ2) is 12.1. The van der Waals surface area contributed by atoms with Gasteiger partial charge in [0.2, 0.25) is 0 Å². The molecule has 2 nitrogen and oxygen atoms in total. The summed E-state index contributed by atoms with van der Waals surface area (Å²) in [7, 11) is -2.92. The molecule has 10 aromatic rings. The van der Waals surface area contributed by atoms with Gasteiger partial charge in [0.1, 0.15) is 17.0 Å². The van der Waals surface area contributed by atoms with E-state index < -0.39 is 8.07 Å². The molecule has 4 heteroatoms. The minimum Gasteiger partial charge on any atom is -0.455 e. The number of hydrogen-bond donors (Lipinski definition) is 0. The highest BCUT2D eigenvalue weighted by Gasteiger charge is 2.41. The number of halogens is 1. The SMILES string of the molecule is Fc1ccc2c(c1)c1cc([Si](c3ccccc3)(c3ccccc3)c3ccc(-c4cccc5c4oc4ccccc45)cc3)ccc1n2-c1ccccc1. The van der Waals surface area contributed by atoms with Crippen molar-refractivity contribution >= 4 is 72.6 Å². The number of nitrogens with zero attached hydrogens (tertiary/aromatic N) is 1. The molecule has 0 amide bonds. The predicted octanol–water partition coefficient (Wildman–Crippen LogP) is 9.87. The average molecular weight is 686 g/mol. The van der Waals surface area contributed by atoms with Crippen molar-refractivity contribution in [3.8, 4) is 16.8 Å². The zero-order valence-corrected chi connectivity index (χ0v) is 29.2. The molecular formula is C48H32FNOSi. The maximum atomic E-state index is 15.0. The van der Waals surface area contributed by atoms with Gasteiger partial charge < -0.3 is 8.98 Å². The quantitative estimate of drug-likeness (QED) is 0.126. The maximum absolute atomic E-state index is 15.0. The van der Waals surface area contributed by atoms with Crippen molar-refractivity contribution in [1.82, 2.24) is 4.57 Å². The van der Waals surface area contributed by atoms with E-state index in [2.05, 4.69) is 150 Å². The van der Waals surface area contributed by atoms with E-state index in [1.165, 1.54) is 20.7 Å². The third kappa shape index (κ3) is 4.62. The number of aromatic nitrogens is 1. The van der Waals surface area contributed by atoms with Crippen molar-refractivity contribution < 1.29 is 8.81 Å². The number of fused-ring (bicyclic) bond motifs is 6. The summed E-state index contributed by atoms with van der Waals surface area (Å²) < 4.78 is 23.7. The van der Waals surface area contributed by atoms with E-state index >= 15 is 4.39 Å². The predicted molar refractivity (Wildman–Crippen MR) is 217 cm³/mol. The van der Waals surface area contributed by atoms with Crippen LogP contribution in [-0.4, -0.2) is 12.6 Å². The van der Waals surface area contributed by atoms with Crippen LogP contribution in [0, 0.1) is 5.82 Å². The minimum atomic E-state index is -2.92. The molecule has 0 aliphatic heterocycles. The van der Waals surface area contributed by atoms with Gasteiger partial charge in [0.05, 0.1) is 11.0 Å². The Morgan fingerprint density at radius 1 is 0.423 bits per heavy atom. The molecule has 0 aliphatic rings. The van der Waals surface area contributed by atoms with E-state index in [0.717, 1.165) is 60.6 Å². The summed E-state index contributed by atoms with van der Waals surface area (Å²) in [6.45, 7) is 0. The van der Waals surface area contributed by atoms with Crippen LogP contribution in [0.4, 0.5) is 4.39 Å². The van der Waals surface area contributed by atoms with E-state index in [0.29, 0.717) is 0 Å². The second-order valence-electron chi connectivity index (χ2n) is 13.4. The van der Waals surface area contributed by atoms with Gasteiger partial charge in [-0.05, 0) is 68.8 Å². The first kappa shape index (κ1) is 30.3. The highest BCUT2D eigenvalue weighted by molar-refractivity contribution is 7.20. The van der Waals surface area contributed by atoms with Crippen LogP contribution in [0.2, 0.25) is 0 Å². The van der Waals surface area contributed by atoms with Crippen molar-refractivity contribution in [2.75, 3.05) is 0 Å². The van der Waals surface area contributed by atoms with Gasteiger partial charge in [0, 0.05) is 32.8 Å². The summed E-state index contributed by atoms with van der Waals surface area (Å²) >= 11 is 0. The van der Waals surface area contributed by atoms with E-state index in [4.69, 9.17) is 4.42 Å². The first-order valence-corrected chi connectivity index (χ1v) is 19.6. The summed E-state index contributed by atoms with van der Waals surface area (Å²) in [6.07, 6.45) is 0. The Balaban J connectivity index is 1.24. The summed E-state index contributed by atoms with van der Waals surface area (Å²) in [5, 5.41) is 9.25. The zero-order chi connectivity index (χ0) is 34.6. The monoisotopic (exact) mass is 685 g/mol. The number of para-hydroxylation sites is 3. The number of rotatable bonds is 6. The third-order valence-electron chi connectivity index (χ3n) is 10.6. The lowest BCUT2D eigenvalue weighted by atomic mass is 10.0. The second-order valence-corrected chi connectivity index (χ2v) is 17.2. The number of hydrogen-bond acceptors (Lipinski definition) is 1. The molecule has 8 aromatic carbocycles. The van der Waals surface area contributed by atoms with E-state index in [9.17, 15) is 0 Å². The largest absolute Gasteiger partial charge is 0.455 e. The Bertz CT molecular complexity index is 2860. The van der Waals surface area contributed by atoms with Crippen molar-refractivity contribution in [2.45, 2.75) is 0 Å². The Hall–Kier alpha value is -6.49. The molecule has 0 bridgehead atoms. The van der Waals surface area contributed by atoms with Crippen LogP contribution < -0.4 is 20.7 Å². The Kier molecular flexibility index (Phi) is 7.05. The highest BCUT2D eigenvalue weighted by Crippen LogP contribution is 2.36. The van der Waals surface area contributed by atoms with Gasteiger partial charge in [-0.25, -0.2) is 4.39 Å². The number of benzene rings is 8. The summed E-state index contributed by atoms with van der Waals surface area (Å²) in [6, 6.07) is 68.0. The van der Waals surface area contributed by atoms with Gasteiger partial charge in [0.25, 0.3) is 0 Å². The van der Waals surface area contributed by atoms with Crippen LogP contribution in [0.15, 0.2) is 199 Å². The van der Waals surface area contributed by atoms with Crippen molar-refractivity contribution in [1.29, 1.82) is 0 Å². The Morgan fingerprint density at radius 3 is 1.69 bits per heavy atom. The Morgan fingerprint density at radius 2 is 0.981 bits per heavy atom. The van der Waals surface area contributed by atoms with Gasteiger partial charge >= 0.3 is 0 Å². The summed E-state index contributed by atoms with van der Waals surface area (Å²) in [4.78, 5) is 0. The smallest absolute Gasteiger partial charge is 0.179 e. The molecular weight excluding hydrogens is 654 g/mol. The molecule has 52 heavy (non-hydrogen) atoms. The lowest BCUT2D eigenvalue weighted by Crippen LogP contribution is -2.74. The van der Waals surface area contributed by atoms with Gasteiger partial charge in [-0.3, -0.25) is 0 Å². The van der Waals surface area contributed by atoms with Crippen LogP contribution in [0.5, 0.6) is 0 Å². The molecule has 2 aromatic heterocycles. The molecule has 0 saturated heterocycles. The van der Waals surface area contributed by atoms with Gasteiger partial charge in [0.15, 0.2) is 8.07 Å². The molecule has 0 atom stereocenters. The first-order valence-electron chi connectivity index (χ1n) is 17.6. The van der Waals surface area contributed by atoms with Crippen molar-refractivity contribution in [3.63, 3.8) is 0 Å². The van der Waals surface area contributed by atoms with Crippen molar-refractivity contribution in [3.05, 3.63) is 200 Å². The van der Waals surface area contributed by atoms with E-state index in [1.807, 2.05) is 36.4 Å². The standard InChI is InChI=1S/C48H32FNOSi/c49-34-25-29-45-43(31-34)44-32-39(28-30-46(44)50(45)35-13-4-1-5-14-35)52(36-15-6-2-7-16-36,37-17-8-3-9-18-37)38-26-23-33(24-27-38)40-20-12-21-42-41-19-10-11-22-47(41)51-48(40)42/h1-32H. The first-order chi connectivity index (χ1) is 25.7. The Labute approximate surface area is 301 Å². The fraction of sp³-hybridized carbons (Fsp3) is 0. The molecule has 0 N–H and O–H groups in total. The topological polar surface area (TPSA) is 18.1 Å². The van der Waals surface area contributed by atoms with Gasteiger partial charge in [-0.1, -0.05) is 152 Å². The zero-order valence-electron chi connectivity index (χ0n) is 28.2. The minimum absolute atomic E-state index is 0.241. The average Bonchev–Trinajstić information content (AvgIpc) is 3.75. The molecule has 0 unspecified atom stereocenters.